The van der Waals surface area contributed by atoms with Gasteiger partial charge in [-0.15, -0.1) is 12.8 Å². The molecule has 0 N–H and O–H groups in total. The highest BCUT2D eigenvalue weighted by Gasteiger charge is 0.932. The average molecular weight is 56.1 g/mol. The number of rotatable bonds is 0. The van der Waals surface area contributed by atoms with Crippen LogP contribution in [0.5, 0.6) is 0 Å². The third kappa shape index (κ3) is 2.53. The molecule has 0 aromatic heterocycles. The normalized spacial score (nSPS) is 2.00. The maximum Gasteiger partial charge on any atom is -0.0683 e. The first-order valence-corrected chi connectivity index (χ1v) is 1.33. The lowest BCUT2D eigenvalue weighted by Crippen LogP contribution is -0.856. The van der Waals surface area contributed by atoms with Crippen molar-refractivity contribution in [2.24, 2.45) is 0 Å². The van der Waals surface area contributed by atoms with Crippen molar-refractivity contribution in [2.75, 3.05) is 0 Å². The van der Waals surface area contributed by atoms with E-state index in [9.17, 15) is 0 Å². The highest BCUT2D eigenvalue weighted by Crippen LogP contribution is 1.14. The fourth-order valence-corrected chi connectivity index (χ4v) is 0. The minimum atomic E-state index is 2.00. The van der Waals surface area contributed by atoms with Gasteiger partial charge < -0.3 is 0 Å². The molecule has 0 bridgehead atoms. The van der Waals surface area contributed by atoms with Gasteiger partial charge in [-0.25, -0.2) is 0 Å². The van der Waals surface area contributed by atoms with Gasteiger partial charge in [0.2, 0.25) is 0 Å². The van der Waals surface area contributed by atoms with Gasteiger partial charge in [-0.1, -0.05) is 13.8 Å². The van der Waals surface area contributed by atoms with Gasteiger partial charge in [-0.2, -0.15) is 0 Å². The first-order chi connectivity index (χ1) is 2.00. The molecule has 4 heavy (non-hydrogen) atoms. The Hall–Kier alpha value is -0.440. The summed E-state index contributed by atoms with van der Waals surface area (Å²) in [6.07, 6.45) is 8.00. The van der Waals surface area contributed by atoms with Crippen LogP contribution in [0.2, 0.25) is 0 Å². The summed E-state index contributed by atoms with van der Waals surface area (Å²) < 4.78 is 0. The van der Waals surface area contributed by atoms with Crippen LogP contribution in [0.3, 0.4) is 0 Å². The second kappa shape index (κ2) is 32.2. The quantitative estimate of drug-likeness (QED) is 0.367. The van der Waals surface area contributed by atoms with E-state index in [4.69, 9.17) is 0 Å². The second-order valence-corrected chi connectivity index (χ2v) is 0. The average Bonchev–Trinajstić information content (AvgIpc) is 1.50. The molecule has 0 saturated carbocycles. The van der Waals surface area contributed by atoms with Crippen molar-refractivity contribution in [3.05, 3.63) is 0 Å². The van der Waals surface area contributed by atoms with Crippen molar-refractivity contribution in [1.82, 2.24) is 0 Å². The zero-order chi connectivity index (χ0) is 4.00. The first-order valence-electron chi connectivity index (χ1n) is 1.33. The van der Waals surface area contributed by atoms with Gasteiger partial charge in [-0.3, -0.25) is 0 Å². The van der Waals surface area contributed by atoms with Gasteiger partial charge in [0.25, 0.3) is 0 Å². The van der Waals surface area contributed by atoms with Crippen LogP contribution in [0.1, 0.15) is 13.8 Å². The fourth-order valence-electron chi connectivity index (χ4n) is 0. The Labute approximate surface area is 27.8 Å². The van der Waals surface area contributed by atoms with Gasteiger partial charge in [0.05, 0.1) is 0 Å². The van der Waals surface area contributed by atoms with Crippen LogP contribution in [0.15, 0.2) is 0 Å². The van der Waals surface area contributed by atoms with Crippen molar-refractivity contribution in [3.63, 3.8) is 0 Å². The lowest BCUT2D eigenvalue weighted by atomic mass is 11.0. The largest absolute Gasteiger partial charge is 0.124 e. The summed E-state index contributed by atoms with van der Waals surface area (Å²) in [7, 11) is 0. The molecule has 0 fully saturated rings. The predicted octanol–water partition coefficient (Wildman–Crippen LogP) is 1.28. The van der Waals surface area contributed by atoms with Crippen LogP contribution in [0, 0.1) is 12.8 Å². The van der Waals surface area contributed by atoms with E-state index in [0.29, 0.717) is 0 Å². The van der Waals surface area contributed by atoms with Gasteiger partial charge >= 0.3 is 0 Å². The van der Waals surface area contributed by atoms with Crippen LogP contribution >= 0.6 is 0 Å². The van der Waals surface area contributed by atoms with Gasteiger partial charge in [0, 0.05) is 0 Å². The SMILES string of the molecule is C#C.CC. The third-order valence-corrected chi connectivity index (χ3v) is 0. The molecule has 0 aromatic rings. The van der Waals surface area contributed by atoms with Gasteiger partial charge in [-0.05, 0) is 0 Å². The molecule has 0 rings (SSSR count). The van der Waals surface area contributed by atoms with Crippen LogP contribution < -0.4 is 0 Å². The van der Waals surface area contributed by atoms with Crippen molar-refractivity contribution in [3.8, 4) is 12.8 Å². The van der Waals surface area contributed by atoms with Crippen molar-refractivity contribution >= 4 is 0 Å². The van der Waals surface area contributed by atoms with Gasteiger partial charge in [0.15, 0.2) is 0 Å². The molecule has 24 valence electrons. The Morgan fingerprint density at radius 1 is 1.00 bits per heavy atom. The second-order valence-electron chi connectivity index (χ2n) is 0. The standard InChI is InChI=1S/C2H6.C2H2/c2*1-2/h1-2H3;1-2H. The molecule has 0 aromatic carbocycles. The summed E-state index contributed by atoms with van der Waals surface area (Å²) in [4.78, 5) is 0. The topological polar surface area (TPSA) is 0 Å². The van der Waals surface area contributed by atoms with E-state index in [-0.39, 0.29) is 0 Å². The smallest absolute Gasteiger partial charge is 0.0683 e. The third-order valence-electron chi connectivity index (χ3n) is 0. The first kappa shape index (κ1) is 9.59. The Balaban J connectivity index is 0. The highest BCUT2D eigenvalue weighted by atomic mass is 13.0. The summed E-state index contributed by atoms with van der Waals surface area (Å²) in [6.45, 7) is 4.00. The van der Waals surface area contributed by atoms with Crippen LogP contribution in [0.25, 0.3) is 0 Å². The Morgan fingerprint density at radius 2 is 1.00 bits per heavy atom. The van der Waals surface area contributed by atoms with E-state index in [0.717, 1.165) is 0 Å². The maximum absolute atomic E-state index is 4.00. The van der Waals surface area contributed by atoms with E-state index in [2.05, 4.69) is 12.8 Å². The van der Waals surface area contributed by atoms with E-state index in [1.807, 2.05) is 13.8 Å². The Kier molecular flexibility index (Phi) is 77.1. The molecule has 0 amide bonds. The predicted molar refractivity (Wildman–Crippen MR) is 21.2 cm³/mol. The molecular formula is C4H8. The Bertz CT molecular complexity index is 4.75. The zero-order valence-corrected chi connectivity index (χ0v) is 3.15. The van der Waals surface area contributed by atoms with Crippen LogP contribution in [0.4, 0.5) is 0 Å². The minimum Gasteiger partial charge on any atom is -0.124 e. The summed E-state index contributed by atoms with van der Waals surface area (Å²) in [5.41, 5.74) is 0. The molecule has 0 nitrogen and oxygen atoms in total. The summed E-state index contributed by atoms with van der Waals surface area (Å²) in [5.74, 6) is 0. The Morgan fingerprint density at radius 3 is 1.00 bits per heavy atom. The van der Waals surface area contributed by atoms with Gasteiger partial charge in [0.1, 0.15) is 0 Å². The molecule has 0 radical (unpaired) electrons. The van der Waals surface area contributed by atoms with E-state index in [1.165, 1.54) is 0 Å². The zero-order valence-electron chi connectivity index (χ0n) is 3.15. The van der Waals surface area contributed by atoms with Crippen molar-refractivity contribution in [2.45, 2.75) is 13.8 Å². The summed E-state index contributed by atoms with van der Waals surface area (Å²) in [6, 6.07) is 0. The molecule has 0 heteroatoms. The highest BCUT2D eigenvalue weighted by molar-refractivity contribution is 4.47. The molecule has 0 spiro atoms. The lowest BCUT2D eigenvalue weighted by molar-refractivity contribution is 1.50. The van der Waals surface area contributed by atoms with E-state index >= 15 is 0 Å². The lowest BCUT2D eigenvalue weighted by Gasteiger charge is -1.07. The minimum absolute atomic E-state index is 2.00. The number of terminal acetylenes is 1. The molecular weight excluding hydrogens is 48.0 g/mol. The molecule has 0 aliphatic carbocycles. The van der Waals surface area contributed by atoms with E-state index < -0.39 is 0 Å². The molecule has 0 saturated heterocycles. The fraction of sp³-hybridized carbons (Fsp3) is 0.500. The van der Waals surface area contributed by atoms with Crippen molar-refractivity contribution < 1.29 is 0 Å². The molecule has 0 aliphatic rings. The molecule has 0 unspecified atom stereocenters. The molecule has 0 heterocycles. The number of hydrogen-bond donors (Lipinski definition) is 0. The summed E-state index contributed by atoms with van der Waals surface area (Å²) >= 11 is 0. The van der Waals surface area contributed by atoms with Crippen LogP contribution in [-0.2, 0) is 0 Å². The summed E-state index contributed by atoms with van der Waals surface area (Å²) in [5, 5.41) is 0. The van der Waals surface area contributed by atoms with Crippen molar-refractivity contribution in [1.29, 1.82) is 0 Å². The molecule has 0 atom stereocenters. The maximum atomic E-state index is 4.00. The van der Waals surface area contributed by atoms with E-state index in [1.54, 1.807) is 0 Å². The molecule has 0 aliphatic heterocycles. The van der Waals surface area contributed by atoms with Crippen LogP contribution in [-0.4, -0.2) is 0 Å². The monoisotopic (exact) mass is 56.1 g/mol. The number of hydrogen-bond acceptors (Lipinski definition) is 0.